The van der Waals surface area contributed by atoms with Gasteiger partial charge in [-0.3, -0.25) is 9.36 Å². The van der Waals surface area contributed by atoms with Gasteiger partial charge in [0.15, 0.2) is 11.0 Å². The molecular formula is C18H14FN3O2S. The molecule has 2 heterocycles. The lowest BCUT2D eigenvalue weighted by atomic mass is 10.2. The lowest BCUT2D eigenvalue weighted by Crippen LogP contribution is -2.11. The Balaban J connectivity index is 1.80. The molecule has 7 heteroatoms. The highest BCUT2D eigenvalue weighted by atomic mass is 32.2. The zero-order valence-corrected chi connectivity index (χ0v) is 13.9. The third-order valence-corrected chi connectivity index (χ3v) is 5.07. The molecule has 2 aromatic carbocycles. The van der Waals surface area contributed by atoms with Gasteiger partial charge < -0.3 is 4.74 Å². The van der Waals surface area contributed by atoms with Crippen molar-refractivity contribution in [1.82, 2.24) is 14.8 Å². The molecule has 1 aliphatic rings. The summed E-state index contributed by atoms with van der Waals surface area (Å²) in [5.74, 6) is 0.0904. The summed E-state index contributed by atoms with van der Waals surface area (Å²) in [6.07, 6.45) is 0.639. The Labute approximate surface area is 147 Å². The highest BCUT2D eigenvalue weighted by molar-refractivity contribution is 8.00. The molecule has 0 N–H and O–H groups in total. The minimum Gasteiger partial charge on any atom is -0.465 e. The molecule has 1 fully saturated rings. The van der Waals surface area contributed by atoms with Gasteiger partial charge in [0.2, 0.25) is 0 Å². The van der Waals surface area contributed by atoms with Crippen molar-refractivity contribution in [3.05, 3.63) is 60.4 Å². The van der Waals surface area contributed by atoms with E-state index in [0.717, 1.165) is 11.3 Å². The van der Waals surface area contributed by atoms with E-state index in [9.17, 15) is 9.18 Å². The molecule has 0 unspecified atom stereocenters. The predicted molar refractivity (Wildman–Crippen MR) is 92.0 cm³/mol. The average molecular weight is 355 g/mol. The molecule has 4 rings (SSSR count). The minimum atomic E-state index is -0.313. The van der Waals surface area contributed by atoms with Crippen LogP contribution in [0.4, 0.5) is 4.39 Å². The van der Waals surface area contributed by atoms with E-state index < -0.39 is 0 Å². The number of thioether (sulfide) groups is 1. The molecule has 0 spiro atoms. The van der Waals surface area contributed by atoms with Crippen molar-refractivity contribution < 1.29 is 13.9 Å². The van der Waals surface area contributed by atoms with Crippen molar-refractivity contribution in [2.75, 3.05) is 6.61 Å². The van der Waals surface area contributed by atoms with Gasteiger partial charge in [0.05, 0.1) is 6.61 Å². The third kappa shape index (κ3) is 3.15. The number of hydrogen-bond donors (Lipinski definition) is 0. The molecule has 3 aromatic rings. The number of halogens is 1. The van der Waals surface area contributed by atoms with Gasteiger partial charge in [-0.05, 0) is 24.3 Å². The van der Waals surface area contributed by atoms with E-state index in [4.69, 9.17) is 4.74 Å². The first-order valence-corrected chi connectivity index (χ1v) is 8.70. The number of hydrogen-bond acceptors (Lipinski definition) is 5. The Morgan fingerprint density at radius 1 is 1.08 bits per heavy atom. The van der Waals surface area contributed by atoms with Crippen LogP contribution in [0.3, 0.4) is 0 Å². The Kier molecular flexibility index (Phi) is 4.23. The fraction of sp³-hybridized carbons (Fsp3) is 0.167. The topological polar surface area (TPSA) is 57.0 Å². The van der Waals surface area contributed by atoms with Crippen LogP contribution in [0, 0.1) is 5.82 Å². The lowest BCUT2D eigenvalue weighted by Gasteiger charge is -2.11. The fourth-order valence-corrected chi connectivity index (χ4v) is 3.67. The summed E-state index contributed by atoms with van der Waals surface area (Å²) >= 11 is 1.32. The van der Waals surface area contributed by atoms with Crippen molar-refractivity contribution >= 4 is 17.7 Å². The first-order valence-electron chi connectivity index (χ1n) is 7.82. The zero-order valence-electron chi connectivity index (χ0n) is 13.1. The van der Waals surface area contributed by atoms with E-state index in [1.807, 2.05) is 34.9 Å². The molecule has 0 aliphatic carbocycles. The Hall–Kier alpha value is -2.67. The normalized spacial score (nSPS) is 16.8. The Bertz CT molecular complexity index is 896. The van der Waals surface area contributed by atoms with E-state index in [-0.39, 0.29) is 17.0 Å². The summed E-state index contributed by atoms with van der Waals surface area (Å²) in [6, 6.07) is 15.7. The molecule has 5 nitrogen and oxygen atoms in total. The number of esters is 1. The number of rotatable bonds is 4. The number of ether oxygens (including phenoxy) is 1. The van der Waals surface area contributed by atoms with Crippen LogP contribution in [0.5, 0.6) is 0 Å². The summed E-state index contributed by atoms with van der Waals surface area (Å²) in [5.41, 5.74) is 1.62. The maximum absolute atomic E-state index is 13.3. The molecule has 1 atom stereocenters. The molecule has 0 saturated carbocycles. The smallest absolute Gasteiger partial charge is 0.319 e. The lowest BCUT2D eigenvalue weighted by molar-refractivity contribution is -0.137. The number of carbonyl (C=O) groups excluding carboxylic acids is 1. The van der Waals surface area contributed by atoms with E-state index in [1.165, 1.54) is 23.9 Å². The number of carbonyl (C=O) groups is 1. The Morgan fingerprint density at radius 2 is 1.84 bits per heavy atom. The van der Waals surface area contributed by atoms with Gasteiger partial charge in [0.25, 0.3) is 0 Å². The summed E-state index contributed by atoms with van der Waals surface area (Å²) < 4.78 is 20.2. The zero-order chi connectivity index (χ0) is 17.2. The molecule has 126 valence electrons. The van der Waals surface area contributed by atoms with Crippen LogP contribution < -0.4 is 0 Å². The van der Waals surface area contributed by atoms with E-state index in [1.54, 1.807) is 12.1 Å². The van der Waals surface area contributed by atoms with Crippen LogP contribution >= 0.6 is 11.8 Å². The summed E-state index contributed by atoms with van der Waals surface area (Å²) in [4.78, 5) is 11.8. The molecule has 25 heavy (non-hydrogen) atoms. The number of cyclic esters (lactones) is 1. The quantitative estimate of drug-likeness (QED) is 0.671. The maximum atomic E-state index is 13.3. The minimum absolute atomic E-state index is 0.236. The second-order valence-electron chi connectivity index (χ2n) is 5.55. The summed E-state index contributed by atoms with van der Waals surface area (Å²) in [7, 11) is 0. The standard InChI is InChI=1S/C18H14FN3O2S/c19-13-6-8-14(9-7-13)22-16(12-4-2-1-3-5-12)20-21-18(22)25-15-10-11-24-17(15)23/h1-9,15H,10-11H2/t15-/m1/s1. The second kappa shape index (κ2) is 6.68. The largest absolute Gasteiger partial charge is 0.465 e. The predicted octanol–water partition coefficient (Wildman–Crippen LogP) is 3.48. The van der Waals surface area contributed by atoms with Gasteiger partial charge in [-0.1, -0.05) is 42.1 Å². The van der Waals surface area contributed by atoms with Crippen molar-refractivity contribution in [1.29, 1.82) is 0 Å². The van der Waals surface area contributed by atoms with Crippen LogP contribution in [0.1, 0.15) is 6.42 Å². The fourth-order valence-electron chi connectivity index (χ4n) is 2.66. The third-order valence-electron chi connectivity index (χ3n) is 3.89. The molecule has 0 amide bonds. The van der Waals surface area contributed by atoms with Crippen LogP contribution in [0.25, 0.3) is 17.1 Å². The van der Waals surface area contributed by atoms with E-state index in [2.05, 4.69) is 10.2 Å². The van der Waals surface area contributed by atoms with Crippen LogP contribution in [0.15, 0.2) is 59.8 Å². The first kappa shape index (κ1) is 15.8. The van der Waals surface area contributed by atoms with Crippen molar-refractivity contribution in [3.63, 3.8) is 0 Å². The monoisotopic (exact) mass is 355 g/mol. The molecular weight excluding hydrogens is 341 g/mol. The van der Waals surface area contributed by atoms with Gasteiger partial charge in [0.1, 0.15) is 11.1 Å². The Morgan fingerprint density at radius 3 is 2.52 bits per heavy atom. The summed E-state index contributed by atoms with van der Waals surface area (Å²) in [6.45, 7) is 0.423. The van der Waals surface area contributed by atoms with Crippen LogP contribution in [0.2, 0.25) is 0 Å². The van der Waals surface area contributed by atoms with Gasteiger partial charge >= 0.3 is 5.97 Å². The molecule has 0 radical (unpaired) electrons. The summed E-state index contributed by atoms with van der Waals surface area (Å²) in [5, 5.41) is 8.84. The number of benzene rings is 2. The van der Waals surface area contributed by atoms with E-state index >= 15 is 0 Å². The SMILES string of the molecule is O=C1OCC[C@H]1Sc1nnc(-c2ccccc2)n1-c1ccc(F)cc1. The van der Waals surface area contributed by atoms with Crippen LogP contribution in [-0.2, 0) is 9.53 Å². The van der Waals surface area contributed by atoms with Gasteiger partial charge in [0, 0.05) is 17.7 Å². The molecule has 0 bridgehead atoms. The molecule has 1 saturated heterocycles. The van der Waals surface area contributed by atoms with Crippen molar-refractivity contribution in [3.8, 4) is 17.1 Å². The first-order chi connectivity index (χ1) is 12.2. The van der Waals surface area contributed by atoms with Gasteiger partial charge in [-0.2, -0.15) is 0 Å². The van der Waals surface area contributed by atoms with E-state index in [0.29, 0.717) is 24.0 Å². The highest BCUT2D eigenvalue weighted by Gasteiger charge is 2.30. The average Bonchev–Trinajstić information content (AvgIpc) is 3.24. The van der Waals surface area contributed by atoms with Crippen molar-refractivity contribution in [2.45, 2.75) is 16.8 Å². The number of aromatic nitrogens is 3. The molecule has 1 aromatic heterocycles. The van der Waals surface area contributed by atoms with Crippen molar-refractivity contribution in [2.24, 2.45) is 0 Å². The number of nitrogens with zero attached hydrogens (tertiary/aromatic N) is 3. The van der Waals surface area contributed by atoms with Gasteiger partial charge in [-0.25, -0.2) is 4.39 Å². The van der Waals surface area contributed by atoms with Gasteiger partial charge in [-0.15, -0.1) is 10.2 Å². The second-order valence-corrected chi connectivity index (χ2v) is 6.72. The van der Waals surface area contributed by atoms with Crippen LogP contribution in [-0.4, -0.2) is 32.6 Å². The maximum Gasteiger partial charge on any atom is 0.319 e. The highest BCUT2D eigenvalue weighted by Crippen LogP contribution is 2.33. The molecule has 1 aliphatic heterocycles.